The Bertz CT molecular complexity index is 346. The van der Waals surface area contributed by atoms with E-state index in [-0.39, 0.29) is 19.6 Å². The van der Waals surface area contributed by atoms with Gasteiger partial charge in [0.15, 0.2) is 6.29 Å². The van der Waals surface area contributed by atoms with Crippen LogP contribution in [0.2, 0.25) is 0 Å². The van der Waals surface area contributed by atoms with Gasteiger partial charge in [0.2, 0.25) is 0 Å². The van der Waals surface area contributed by atoms with Gasteiger partial charge in [0.25, 0.3) is 12.9 Å². The quantitative estimate of drug-likeness (QED) is 0.254. The summed E-state index contributed by atoms with van der Waals surface area (Å²) in [6.45, 7) is -0.162. The van der Waals surface area contributed by atoms with E-state index >= 15 is 0 Å². The molecule has 2 unspecified atom stereocenters. The zero-order valence-electron chi connectivity index (χ0n) is 9.03. The van der Waals surface area contributed by atoms with Gasteiger partial charge in [0, 0.05) is 4.91 Å². The molecule has 1 heterocycles. The molecule has 0 aromatic carbocycles. The summed E-state index contributed by atoms with van der Waals surface area (Å²) in [6.07, 6.45) is -5.38. The van der Waals surface area contributed by atoms with Crippen LogP contribution in [0.25, 0.3) is 10.4 Å². The Morgan fingerprint density at radius 3 is 2.67 bits per heavy atom. The third-order valence-corrected chi connectivity index (χ3v) is 2.39. The first-order valence-corrected chi connectivity index (χ1v) is 4.85. The van der Waals surface area contributed by atoms with Crippen molar-refractivity contribution in [3.8, 4) is 0 Å². The van der Waals surface area contributed by atoms with Crippen LogP contribution in [0.5, 0.6) is 0 Å². The van der Waals surface area contributed by atoms with Crippen LogP contribution < -0.4 is 0 Å². The molecular formula is C8H11N3O7. The van der Waals surface area contributed by atoms with Crippen molar-refractivity contribution in [1.82, 2.24) is 0 Å². The van der Waals surface area contributed by atoms with Crippen LogP contribution in [0.1, 0.15) is 0 Å². The number of carbonyl (C=O) groups excluding carboxylic acids is 2. The lowest BCUT2D eigenvalue weighted by Gasteiger charge is -2.39. The number of ether oxygens (including phenoxy) is 3. The summed E-state index contributed by atoms with van der Waals surface area (Å²) in [5, 5.41) is 22.5. The van der Waals surface area contributed by atoms with E-state index in [0.29, 0.717) is 0 Å². The van der Waals surface area contributed by atoms with Gasteiger partial charge in [-0.3, -0.25) is 9.59 Å². The molecule has 1 fully saturated rings. The first-order valence-electron chi connectivity index (χ1n) is 4.85. The summed E-state index contributed by atoms with van der Waals surface area (Å²) in [4.78, 5) is 22.8. The molecule has 0 aliphatic carbocycles. The van der Waals surface area contributed by atoms with Crippen molar-refractivity contribution in [3.63, 3.8) is 0 Å². The lowest BCUT2D eigenvalue weighted by Crippen LogP contribution is -2.58. The fraction of sp³-hybridized carbons (Fsp3) is 0.750. The Morgan fingerprint density at radius 1 is 1.39 bits per heavy atom. The van der Waals surface area contributed by atoms with Crippen molar-refractivity contribution >= 4 is 12.9 Å². The molecule has 0 aromatic heterocycles. The SMILES string of the molecule is [N-]=[N+]=NC1[C@H](O)OC(COC=O)[C@H](O)[C@@H]1OC=O. The van der Waals surface area contributed by atoms with Crippen LogP contribution in [0, 0.1) is 0 Å². The van der Waals surface area contributed by atoms with Crippen molar-refractivity contribution in [2.24, 2.45) is 5.11 Å². The summed E-state index contributed by atoms with van der Waals surface area (Å²) in [6, 6.07) is -1.29. The minimum absolute atomic E-state index is 0.0451. The second kappa shape index (κ2) is 6.77. The molecule has 5 atom stereocenters. The van der Waals surface area contributed by atoms with Gasteiger partial charge in [0.05, 0.1) is 0 Å². The highest BCUT2D eigenvalue weighted by Crippen LogP contribution is 2.24. The van der Waals surface area contributed by atoms with Crippen LogP contribution in [-0.4, -0.2) is 60.4 Å². The Hall–Kier alpha value is -1.87. The van der Waals surface area contributed by atoms with E-state index in [9.17, 15) is 19.8 Å². The highest BCUT2D eigenvalue weighted by molar-refractivity contribution is 5.38. The average Bonchev–Trinajstić information content (AvgIpc) is 2.36. The highest BCUT2D eigenvalue weighted by atomic mass is 16.6. The Kier molecular flexibility index (Phi) is 5.33. The van der Waals surface area contributed by atoms with E-state index in [1.807, 2.05) is 0 Å². The summed E-state index contributed by atoms with van der Waals surface area (Å²) in [7, 11) is 0. The van der Waals surface area contributed by atoms with Crippen LogP contribution >= 0.6 is 0 Å². The summed E-state index contributed by atoms with van der Waals surface area (Å²) >= 11 is 0. The number of aliphatic hydroxyl groups is 2. The van der Waals surface area contributed by atoms with Gasteiger partial charge in [-0.1, -0.05) is 5.11 Å². The van der Waals surface area contributed by atoms with Gasteiger partial charge in [-0.15, -0.1) is 0 Å². The predicted octanol–water partition coefficient (Wildman–Crippen LogP) is -1.54. The molecule has 1 rings (SSSR count). The topological polar surface area (TPSA) is 151 Å². The fourth-order valence-corrected chi connectivity index (χ4v) is 1.60. The summed E-state index contributed by atoms with van der Waals surface area (Å²) in [5.74, 6) is 0. The lowest BCUT2D eigenvalue weighted by molar-refractivity contribution is -0.252. The Labute approximate surface area is 101 Å². The molecule has 18 heavy (non-hydrogen) atoms. The monoisotopic (exact) mass is 261 g/mol. The maximum atomic E-state index is 10.3. The maximum Gasteiger partial charge on any atom is 0.293 e. The van der Waals surface area contributed by atoms with Crippen molar-refractivity contribution in [1.29, 1.82) is 0 Å². The van der Waals surface area contributed by atoms with E-state index in [1.54, 1.807) is 0 Å². The second-order valence-corrected chi connectivity index (χ2v) is 3.38. The molecule has 0 spiro atoms. The number of nitrogens with zero attached hydrogens (tertiary/aromatic N) is 3. The van der Waals surface area contributed by atoms with Gasteiger partial charge in [0.1, 0.15) is 31.0 Å². The van der Waals surface area contributed by atoms with Gasteiger partial charge < -0.3 is 24.4 Å². The normalized spacial score (nSPS) is 35.1. The van der Waals surface area contributed by atoms with Crippen LogP contribution in [0.4, 0.5) is 0 Å². The highest BCUT2D eigenvalue weighted by Gasteiger charge is 2.46. The summed E-state index contributed by atoms with van der Waals surface area (Å²) in [5.41, 5.74) is 8.31. The van der Waals surface area contributed by atoms with Gasteiger partial charge in [-0.25, -0.2) is 0 Å². The lowest BCUT2D eigenvalue weighted by atomic mass is 9.97. The molecule has 1 aliphatic heterocycles. The molecule has 2 N–H and O–H groups in total. The minimum Gasteiger partial charge on any atom is -0.465 e. The maximum absolute atomic E-state index is 10.3. The summed E-state index contributed by atoms with van der Waals surface area (Å²) < 4.78 is 13.9. The third-order valence-electron chi connectivity index (χ3n) is 2.39. The molecule has 10 heteroatoms. The molecule has 0 saturated carbocycles. The first-order chi connectivity index (χ1) is 8.65. The van der Waals surface area contributed by atoms with E-state index < -0.39 is 30.6 Å². The standard InChI is InChI=1S/C8H11N3O7/c9-11-10-5-7(17-3-13)6(14)4(1-16-2-12)18-8(5)15/h2-8,14-15H,1H2/t4?,5?,6-,7+,8+/m0/s1. The smallest absolute Gasteiger partial charge is 0.293 e. The number of carbonyl (C=O) groups is 2. The van der Waals surface area contributed by atoms with Crippen molar-refractivity contribution in [2.45, 2.75) is 30.6 Å². The number of azide groups is 1. The number of rotatable bonds is 6. The van der Waals surface area contributed by atoms with Crippen LogP contribution in [0.3, 0.4) is 0 Å². The van der Waals surface area contributed by atoms with E-state index in [1.165, 1.54) is 0 Å². The van der Waals surface area contributed by atoms with Crippen LogP contribution in [-0.2, 0) is 23.8 Å². The molecule has 100 valence electrons. The number of hydrogen-bond donors (Lipinski definition) is 2. The van der Waals surface area contributed by atoms with E-state index in [2.05, 4.69) is 19.5 Å². The average molecular weight is 261 g/mol. The minimum atomic E-state index is -1.59. The molecule has 0 bridgehead atoms. The van der Waals surface area contributed by atoms with Gasteiger partial charge >= 0.3 is 0 Å². The number of hydrogen-bond acceptors (Lipinski definition) is 8. The Balaban J connectivity index is 2.84. The number of aliphatic hydroxyl groups excluding tert-OH is 2. The predicted molar refractivity (Wildman–Crippen MR) is 52.8 cm³/mol. The molecule has 1 aliphatic rings. The molecule has 0 radical (unpaired) electrons. The molecule has 0 aromatic rings. The Morgan fingerprint density at radius 2 is 2.11 bits per heavy atom. The van der Waals surface area contributed by atoms with Crippen LogP contribution in [0.15, 0.2) is 5.11 Å². The molecule has 1 saturated heterocycles. The van der Waals surface area contributed by atoms with E-state index in [4.69, 9.17) is 10.3 Å². The van der Waals surface area contributed by atoms with Gasteiger partial charge in [-0.05, 0) is 5.53 Å². The second-order valence-electron chi connectivity index (χ2n) is 3.38. The van der Waals surface area contributed by atoms with E-state index in [0.717, 1.165) is 0 Å². The van der Waals surface area contributed by atoms with Gasteiger partial charge in [-0.2, -0.15) is 0 Å². The largest absolute Gasteiger partial charge is 0.465 e. The third kappa shape index (κ3) is 3.08. The fourth-order valence-electron chi connectivity index (χ4n) is 1.60. The zero-order chi connectivity index (χ0) is 13.5. The molecule has 0 amide bonds. The van der Waals surface area contributed by atoms with Crippen molar-refractivity contribution < 1.29 is 34.0 Å². The molecule has 10 nitrogen and oxygen atoms in total. The first kappa shape index (κ1) is 14.2. The zero-order valence-corrected chi connectivity index (χ0v) is 9.03. The molecular weight excluding hydrogens is 250 g/mol. The van der Waals surface area contributed by atoms with Crippen molar-refractivity contribution in [2.75, 3.05) is 6.61 Å². The van der Waals surface area contributed by atoms with Crippen molar-refractivity contribution in [3.05, 3.63) is 10.4 Å².